The van der Waals surface area contributed by atoms with Gasteiger partial charge in [0.25, 0.3) is 0 Å². The van der Waals surface area contributed by atoms with Gasteiger partial charge in [-0.05, 0) is 36.6 Å². The number of carbonyl (C=O) groups is 1. The lowest BCUT2D eigenvalue weighted by Gasteiger charge is -2.07. The monoisotopic (exact) mass is 260 g/mol. The van der Waals surface area contributed by atoms with Crippen molar-refractivity contribution in [3.8, 4) is 0 Å². The number of aromatic carboxylic acids is 1. The molecule has 5 heteroatoms. The number of anilines is 2. The van der Waals surface area contributed by atoms with E-state index in [0.717, 1.165) is 16.3 Å². The fourth-order valence-corrected chi connectivity index (χ4v) is 1.92. The van der Waals surface area contributed by atoms with Crippen molar-refractivity contribution in [3.63, 3.8) is 0 Å². The van der Waals surface area contributed by atoms with E-state index in [-0.39, 0.29) is 5.69 Å². The van der Waals surface area contributed by atoms with Crippen LogP contribution in [-0.4, -0.2) is 22.3 Å². The molecule has 0 unspecified atom stereocenters. The van der Waals surface area contributed by atoms with Gasteiger partial charge in [-0.2, -0.15) is 0 Å². The van der Waals surface area contributed by atoms with Gasteiger partial charge in [0.05, 0.1) is 11.9 Å². The molecule has 0 amide bonds. The van der Waals surface area contributed by atoms with Gasteiger partial charge in [-0.25, -0.2) is 9.78 Å². The van der Waals surface area contributed by atoms with Crippen LogP contribution in [0.3, 0.4) is 0 Å². The molecule has 0 aliphatic rings. The minimum Gasteiger partial charge on any atom is -0.477 e. The summed E-state index contributed by atoms with van der Waals surface area (Å²) in [6.45, 7) is 0. The van der Waals surface area contributed by atoms with Gasteiger partial charge in [0, 0.05) is 10.6 Å². The number of benzene rings is 1. The highest BCUT2D eigenvalue weighted by Gasteiger charge is 2.03. The molecule has 2 N–H and O–H groups in total. The van der Waals surface area contributed by atoms with Crippen LogP contribution >= 0.6 is 11.8 Å². The normalized spacial score (nSPS) is 10.1. The molecule has 92 valence electrons. The van der Waals surface area contributed by atoms with E-state index in [1.165, 1.54) is 12.3 Å². The van der Waals surface area contributed by atoms with Crippen molar-refractivity contribution >= 4 is 29.1 Å². The van der Waals surface area contributed by atoms with Crippen molar-refractivity contribution in [2.75, 3.05) is 11.6 Å². The van der Waals surface area contributed by atoms with Crippen molar-refractivity contribution in [2.45, 2.75) is 4.90 Å². The Hall–Kier alpha value is -2.01. The summed E-state index contributed by atoms with van der Waals surface area (Å²) in [4.78, 5) is 15.7. The molecule has 0 saturated carbocycles. The van der Waals surface area contributed by atoms with E-state index >= 15 is 0 Å². The Kier molecular flexibility index (Phi) is 3.84. The molecule has 0 aliphatic carbocycles. The van der Waals surface area contributed by atoms with Gasteiger partial charge < -0.3 is 10.4 Å². The number of pyridine rings is 1. The summed E-state index contributed by atoms with van der Waals surface area (Å²) in [7, 11) is 0. The Balaban J connectivity index is 2.15. The number of nitrogens with one attached hydrogen (secondary N) is 1. The van der Waals surface area contributed by atoms with Gasteiger partial charge in [-0.3, -0.25) is 0 Å². The van der Waals surface area contributed by atoms with Crippen LogP contribution in [0, 0.1) is 0 Å². The number of hydrogen-bond donors (Lipinski definition) is 2. The molecule has 1 aromatic carbocycles. The Morgan fingerprint density at radius 2 is 2.11 bits per heavy atom. The quantitative estimate of drug-likeness (QED) is 0.826. The van der Waals surface area contributed by atoms with Crippen LogP contribution in [0.5, 0.6) is 0 Å². The summed E-state index contributed by atoms with van der Waals surface area (Å²) < 4.78 is 0. The van der Waals surface area contributed by atoms with E-state index in [1.54, 1.807) is 17.8 Å². The average molecular weight is 260 g/mol. The van der Waals surface area contributed by atoms with Crippen molar-refractivity contribution in [2.24, 2.45) is 0 Å². The topological polar surface area (TPSA) is 62.2 Å². The number of rotatable bonds is 4. The maximum absolute atomic E-state index is 10.7. The van der Waals surface area contributed by atoms with Crippen LogP contribution in [0.4, 0.5) is 11.4 Å². The first-order valence-electron chi connectivity index (χ1n) is 5.29. The van der Waals surface area contributed by atoms with Crippen molar-refractivity contribution < 1.29 is 9.90 Å². The van der Waals surface area contributed by atoms with Gasteiger partial charge in [0.1, 0.15) is 5.69 Å². The molecule has 2 rings (SSSR count). The number of thioether (sulfide) groups is 1. The van der Waals surface area contributed by atoms with Gasteiger partial charge in [-0.15, -0.1) is 11.8 Å². The molecule has 0 aliphatic heterocycles. The number of carboxylic acids is 1. The van der Waals surface area contributed by atoms with Crippen LogP contribution in [0.15, 0.2) is 47.5 Å². The minimum absolute atomic E-state index is 0.0402. The van der Waals surface area contributed by atoms with Gasteiger partial charge in [0.15, 0.2) is 0 Å². The lowest BCUT2D eigenvalue weighted by Crippen LogP contribution is -2.00. The molecule has 1 aromatic heterocycles. The Labute approximate surface area is 109 Å². The fourth-order valence-electron chi connectivity index (χ4n) is 1.46. The maximum atomic E-state index is 10.7. The highest BCUT2D eigenvalue weighted by molar-refractivity contribution is 7.98. The predicted octanol–water partition coefficient (Wildman–Crippen LogP) is 3.25. The van der Waals surface area contributed by atoms with E-state index in [0.29, 0.717) is 0 Å². The number of nitrogens with zero attached hydrogens (tertiary/aromatic N) is 1. The van der Waals surface area contributed by atoms with Crippen molar-refractivity contribution in [1.82, 2.24) is 4.98 Å². The van der Waals surface area contributed by atoms with E-state index in [1.807, 2.05) is 30.5 Å². The zero-order valence-electron chi connectivity index (χ0n) is 9.75. The third kappa shape index (κ3) is 3.01. The predicted molar refractivity (Wildman–Crippen MR) is 72.7 cm³/mol. The van der Waals surface area contributed by atoms with Crippen LogP contribution in [0.2, 0.25) is 0 Å². The highest BCUT2D eigenvalue weighted by atomic mass is 32.2. The highest BCUT2D eigenvalue weighted by Crippen LogP contribution is 2.21. The summed E-state index contributed by atoms with van der Waals surface area (Å²) in [6, 6.07) is 11.1. The van der Waals surface area contributed by atoms with Gasteiger partial charge >= 0.3 is 5.97 Å². The van der Waals surface area contributed by atoms with Gasteiger partial charge in [0.2, 0.25) is 0 Å². The van der Waals surface area contributed by atoms with E-state index < -0.39 is 5.97 Å². The Bertz CT molecular complexity index is 555. The van der Waals surface area contributed by atoms with E-state index in [4.69, 9.17) is 5.11 Å². The summed E-state index contributed by atoms with van der Waals surface area (Å²) in [5.74, 6) is -1.02. The third-order valence-electron chi connectivity index (χ3n) is 2.34. The molecular weight excluding hydrogens is 248 g/mol. The molecule has 0 atom stereocenters. The first-order chi connectivity index (χ1) is 8.69. The summed E-state index contributed by atoms with van der Waals surface area (Å²) in [6.07, 6.45) is 3.53. The van der Waals surface area contributed by atoms with E-state index in [2.05, 4.69) is 10.3 Å². The summed E-state index contributed by atoms with van der Waals surface area (Å²) in [5, 5.41) is 11.9. The van der Waals surface area contributed by atoms with Crippen LogP contribution in [-0.2, 0) is 0 Å². The smallest absolute Gasteiger partial charge is 0.354 e. The zero-order valence-corrected chi connectivity index (χ0v) is 10.6. The van der Waals surface area contributed by atoms with Crippen LogP contribution in [0.25, 0.3) is 0 Å². The largest absolute Gasteiger partial charge is 0.477 e. The third-order valence-corrected chi connectivity index (χ3v) is 3.07. The minimum atomic E-state index is -1.02. The second-order valence-corrected chi connectivity index (χ2v) is 4.47. The maximum Gasteiger partial charge on any atom is 0.354 e. The standard InChI is InChI=1S/C13H12N2O2S/c1-18-11-4-2-3-9(7-11)15-10-5-6-12(13(16)17)14-8-10/h2-8,15H,1H3,(H,16,17). The second kappa shape index (κ2) is 5.55. The Morgan fingerprint density at radius 3 is 2.72 bits per heavy atom. The van der Waals surface area contributed by atoms with E-state index in [9.17, 15) is 4.79 Å². The molecule has 0 saturated heterocycles. The molecular formula is C13H12N2O2S. The molecule has 0 spiro atoms. The molecule has 18 heavy (non-hydrogen) atoms. The van der Waals surface area contributed by atoms with Crippen molar-refractivity contribution in [1.29, 1.82) is 0 Å². The molecule has 2 aromatic rings. The lowest BCUT2D eigenvalue weighted by atomic mass is 10.3. The first-order valence-corrected chi connectivity index (χ1v) is 6.52. The SMILES string of the molecule is CSc1cccc(Nc2ccc(C(=O)O)nc2)c1. The van der Waals surface area contributed by atoms with Crippen LogP contribution < -0.4 is 5.32 Å². The number of carboxylic acid groups (broad SMARTS) is 1. The Morgan fingerprint density at radius 1 is 1.28 bits per heavy atom. The summed E-state index contributed by atoms with van der Waals surface area (Å²) >= 11 is 1.67. The van der Waals surface area contributed by atoms with Gasteiger partial charge in [-0.1, -0.05) is 6.07 Å². The lowest BCUT2D eigenvalue weighted by molar-refractivity contribution is 0.0690. The summed E-state index contributed by atoms with van der Waals surface area (Å²) in [5.41, 5.74) is 1.75. The zero-order chi connectivity index (χ0) is 13.0. The molecule has 0 fully saturated rings. The number of hydrogen-bond acceptors (Lipinski definition) is 4. The van der Waals surface area contributed by atoms with Crippen molar-refractivity contribution in [3.05, 3.63) is 48.3 Å². The van der Waals surface area contributed by atoms with Crippen LogP contribution in [0.1, 0.15) is 10.5 Å². The first kappa shape index (κ1) is 12.4. The molecule has 4 nitrogen and oxygen atoms in total. The number of aromatic nitrogens is 1. The average Bonchev–Trinajstić information content (AvgIpc) is 2.39. The molecule has 1 heterocycles. The molecule has 0 bridgehead atoms. The fraction of sp³-hybridized carbons (Fsp3) is 0.0769. The molecule has 0 radical (unpaired) electrons. The second-order valence-electron chi connectivity index (χ2n) is 3.59.